The largest absolute Gasteiger partial charge is 0.495 e. The number of rotatable bonds is 9. The number of amides is 1. The first-order chi connectivity index (χ1) is 14.6. The van der Waals surface area contributed by atoms with Gasteiger partial charge in [-0.15, -0.1) is 0 Å². The topological polar surface area (TPSA) is 82.1 Å². The molecule has 160 valence electrons. The molecule has 7 nitrogen and oxygen atoms in total. The minimum absolute atomic E-state index is 0.214. The van der Waals surface area contributed by atoms with E-state index in [2.05, 4.69) is 21.2 Å². The van der Waals surface area contributed by atoms with Gasteiger partial charge in [-0.3, -0.25) is 14.5 Å². The maximum absolute atomic E-state index is 12.7. The molecule has 2 aromatic carbocycles. The number of hydrogen-bond donors (Lipinski definition) is 2. The van der Waals surface area contributed by atoms with E-state index in [9.17, 15) is 9.59 Å². The molecule has 0 bridgehead atoms. The molecule has 1 saturated heterocycles. The molecule has 0 radical (unpaired) electrons. The fourth-order valence-electron chi connectivity index (χ4n) is 3.82. The van der Waals surface area contributed by atoms with Gasteiger partial charge in [0.1, 0.15) is 12.3 Å². The smallest absolute Gasteiger partial charge is 0.322 e. The Morgan fingerprint density at radius 1 is 1.03 bits per heavy atom. The molecule has 1 heterocycles. The summed E-state index contributed by atoms with van der Waals surface area (Å²) in [4.78, 5) is 28.1. The average molecular weight is 412 g/mol. The van der Waals surface area contributed by atoms with E-state index in [4.69, 9.17) is 9.84 Å². The molecule has 1 unspecified atom stereocenters. The van der Waals surface area contributed by atoms with E-state index in [0.29, 0.717) is 13.0 Å². The van der Waals surface area contributed by atoms with Gasteiger partial charge in [0.25, 0.3) is 0 Å². The third-order valence-corrected chi connectivity index (χ3v) is 5.39. The zero-order chi connectivity index (χ0) is 21.3. The first kappa shape index (κ1) is 21.6. The quantitative estimate of drug-likeness (QED) is 0.656. The number of ether oxygens (including phenoxy) is 1. The summed E-state index contributed by atoms with van der Waals surface area (Å²) < 4.78 is 5.48. The van der Waals surface area contributed by atoms with Gasteiger partial charge in [0.05, 0.1) is 18.7 Å². The molecule has 1 amide bonds. The van der Waals surface area contributed by atoms with Gasteiger partial charge in [0, 0.05) is 32.7 Å². The van der Waals surface area contributed by atoms with Crippen LogP contribution in [0, 0.1) is 5.92 Å². The number of carbonyl (C=O) groups is 2. The third kappa shape index (κ3) is 5.97. The van der Waals surface area contributed by atoms with E-state index >= 15 is 0 Å². The van der Waals surface area contributed by atoms with Gasteiger partial charge < -0.3 is 20.1 Å². The van der Waals surface area contributed by atoms with Crippen LogP contribution in [0.15, 0.2) is 54.6 Å². The second-order valence-electron chi connectivity index (χ2n) is 7.46. The molecular formula is C23H29N3O4. The first-order valence-electron chi connectivity index (χ1n) is 10.2. The van der Waals surface area contributed by atoms with Crippen LogP contribution in [0.4, 0.5) is 5.69 Å². The number of nitrogens with one attached hydrogen (secondary N) is 1. The van der Waals surface area contributed by atoms with Crippen molar-refractivity contribution < 1.29 is 19.4 Å². The van der Waals surface area contributed by atoms with Crippen LogP contribution in [-0.2, 0) is 16.0 Å². The number of piperazine rings is 1. The van der Waals surface area contributed by atoms with E-state index < -0.39 is 5.97 Å². The van der Waals surface area contributed by atoms with Crippen LogP contribution in [0.1, 0.15) is 5.56 Å². The van der Waals surface area contributed by atoms with Crippen molar-refractivity contribution in [3.63, 3.8) is 0 Å². The maximum atomic E-state index is 12.7. The standard InChI is InChI=1S/C23H29N3O4/c1-30-21-10-6-5-9-20(21)26-13-11-25(12-14-26)17-19(23(29)24-16-22(27)28)15-18-7-3-2-4-8-18/h2-10,19H,11-17H2,1H3,(H,24,29)(H,27,28). The highest BCUT2D eigenvalue weighted by atomic mass is 16.5. The van der Waals surface area contributed by atoms with Gasteiger partial charge in [-0.05, 0) is 24.1 Å². The number of hydrogen-bond acceptors (Lipinski definition) is 5. The summed E-state index contributed by atoms with van der Waals surface area (Å²) in [7, 11) is 1.68. The molecule has 2 aromatic rings. The minimum atomic E-state index is -1.03. The molecule has 0 saturated carbocycles. The van der Waals surface area contributed by atoms with Crippen molar-refractivity contribution in [3.05, 3.63) is 60.2 Å². The molecule has 0 spiro atoms. The average Bonchev–Trinajstić information content (AvgIpc) is 2.78. The van der Waals surface area contributed by atoms with E-state index in [0.717, 1.165) is 43.2 Å². The Labute approximate surface area is 177 Å². The number of methoxy groups -OCH3 is 1. The Bertz CT molecular complexity index is 835. The van der Waals surface area contributed by atoms with E-state index in [-0.39, 0.29) is 18.4 Å². The SMILES string of the molecule is COc1ccccc1N1CCN(CC(Cc2ccccc2)C(=O)NCC(=O)O)CC1. The molecule has 1 fully saturated rings. The monoisotopic (exact) mass is 411 g/mol. The van der Waals surface area contributed by atoms with Crippen LogP contribution in [0.3, 0.4) is 0 Å². The van der Waals surface area contributed by atoms with Crippen LogP contribution in [-0.4, -0.2) is 68.3 Å². The van der Waals surface area contributed by atoms with Crippen LogP contribution in [0.2, 0.25) is 0 Å². The fraction of sp³-hybridized carbons (Fsp3) is 0.391. The zero-order valence-electron chi connectivity index (χ0n) is 17.3. The van der Waals surface area contributed by atoms with Gasteiger partial charge >= 0.3 is 5.97 Å². The van der Waals surface area contributed by atoms with Gasteiger partial charge in [-0.1, -0.05) is 42.5 Å². The summed E-state index contributed by atoms with van der Waals surface area (Å²) in [6.45, 7) is 3.58. The number of para-hydroxylation sites is 2. The van der Waals surface area contributed by atoms with Crippen LogP contribution < -0.4 is 15.0 Å². The molecule has 30 heavy (non-hydrogen) atoms. The van der Waals surface area contributed by atoms with Gasteiger partial charge in [0.15, 0.2) is 0 Å². The lowest BCUT2D eigenvalue weighted by molar-refractivity contribution is -0.138. The highest BCUT2D eigenvalue weighted by molar-refractivity contribution is 5.83. The Hall–Kier alpha value is -3.06. The summed E-state index contributed by atoms with van der Waals surface area (Å²) in [6, 6.07) is 17.8. The number of nitrogens with zero attached hydrogens (tertiary/aromatic N) is 2. The Morgan fingerprint density at radius 3 is 2.37 bits per heavy atom. The van der Waals surface area contributed by atoms with Gasteiger partial charge in [-0.25, -0.2) is 0 Å². The van der Waals surface area contributed by atoms with Crippen molar-refractivity contribution in [2.24, 2.45) is 5.92 Å². The normalized spacial score (nSPS) is 15.4. The molecule has 2 N–H and O–H groups in total. The molecule has 1 atom stereocenters. The van der Waals surface area contributed by atoms with E-state index in [1.807, 2.05) is 48.5 Å². The van der Waals surface area contributed by atoms with Gasteiger partial charge in [-0.2, -0.15) is 0 Å². The van der Waals surface area contributed by atoms with Crippen molar-refractivity contribution in [1.29, 1.82) is 0 Å². The maximum Gasteiger partial charge on any atom is 0.322 e. The summed E-state index contributed by atoms with van der Waals surface area (Å²) in [5, 5.41) is 11.4. The van der Waals surface area contributed by atoms with Crippen molar-refractivity contribution in [3.8, 4) is 5.75 Å². The molecule has 3 rings (SSSR count). The lowest BCUT2D eigenvalue weighted by Crippen LogP contribution is -2.50. The highest BCUT2D eigenvalue weighted by Crippen LogP contribution is 2.28. The number of carbonyl (C=O) groups excluding carboxylic acids is 1. The van der Waals surface area contributed by atoms with Crippen LogP contribution in [0.5, 0.6) is 5.75 Å². The number of benzene rings is 2. The Kier molecular flexibility index (Phi) is 7.68. The molecule has 1 aliphatic heterocycles. The summed E-state index contributed by atoms with van der Waals surface area (Å²) >= 11 is 0. The lowest BCUT2D eigenvalue weighted by atomic mass is 9.97. The van der Waals surface area contributed by atoms with E-state index in [1.54, 1.807) is 7.11 Å². The summed E-state index contributed by atoms with van der Waals surface area (Å²) in [6.07, 6.45) is 0.582. The fourth-order valence-corrected chi connectivity index (χ4v) is 3.82. The van der Waals surface area contributed by atoms with Crippen molar-refractivity contribution in [2.75, 3.05) is 51.3 Å². The first-order valence-corrected chi connectivity index (χ1v) is 10.2. The Morgan fingerprint density at radius 2 is 1.70 bits per heavy atom. The van der Waals surface area contributed by atoms with Crippen LogP contribution in [0.25, 0.3) is 0 Å². The second-order valence-corrected chi connectivity index (χ2v) is 7.46. The summed E-state index contributed by atoms with van der Waals surface area (Å²) in [5.74, 6) is -0.689. The molecule has 7 heteroatoms. The highest BCUT2D eigenvalue weighted by Gasteiger charge is 2.26. The zero-order valence-corrected chi connectivity index (χ0v) is 17.3. The second kappa shape index (κ2) is 10.6. The number of anilines is 1. The minimum Gasteiger partial charge on any atom is -0.495 e. The van der Waals surface area contributed by atoms with Crippen molar-refractivity contribution in [1.82, 2.24) is 10.2 Å². The lowest BCUT2D eigenvalue weighted by Gasteiger charge is -2.37. The Balaban J connectivity index is 1.61. The number of carboxylic acid groups (broad SMARTS) is 1. The molecule has 1 aliphatic rings. The molecule has 0 aromatic heterocycles. The predicted molar refractivity (Wildman–Crippen MR) is 116 cm³/mol. The number of carboxylic acids is 1. The third-order valence-electron chi connectivity index (χ3n) is 5.39. The predicted octanol–water partition coefficient (Wildman–Crippen LogP) is 1.88. The molecule has 0 aliphatic carbocycles. The van der Waals surface area contributed by atoms with E-state index in [1.165, 1.54) is 0 Å². The summed E-state index contributed by atoms with van der Waals surface area (Å²) in [5.41, 5.74) is 2.15. The van der Waals surface area contributed by atoms with Crippen molar-refractivity contribution in [2.45, 2.75) is 6.42 Å². The van der Waals surface area contributed by atoms with Crippen LogP contribution >= 0.6 is 0 Å². The van der Waals surface area contributed by atoms with Gasteiger partial charge in [0.2, 0.25) is 5.91 Å². The van der Waals surface area contributed by atoms with Crippen molar-refractivity contribution >= 4 is 17.6 Å². The number of aliphatic carboxylic acids is 1. The molecular weight excluding hydrogens is 382 g/mol.